The lowest BCUT2D eigenvalue weighted by Crippen LogP contribution is -2.27. The van der Waals surface area contributed by atoms with E-state index in [1.165, 1.54) is 6.92 Å². The molecule has 0 aliphatic carbocycles. The lowest BCUT2D eigenvalue weighted by Gasteiger charge is -2.02. The zero-order chi connectivity index (χ0) is 13.0. The first-order valence-corrected chi connectivity index (χ1v) is 5.71. The van der Waals surface area contributed by atoms with Gasteiger partial charge in [0.05, 0.1) is 6.42 Å². The van der Waals surface area contributed by atoms with Gasteiger partial charge in [-0.3, -0.25) is 14.0 Å². The molecule has 0 aromatic carbocycles. The van der Waals surface area contributed by atoms with Gasteiger partial charge in [0.1, 0.15) is 11.6 Å². The molecule has 6 heteroatoms. The summed E-state index contributed by atoms with van der Waals surface area (Å²) in [5.41, 5.74) is 0.780. The van der Waals surface area contributed by atoms with Crippen LogP contribution < -0.4 is 5.32 Å². The number of nitrogens with one attached hydrogen (secondary N) is 1. The minimum Gasteiger partial charge on any atom is -0.355 e. The predicted molar refractivity (Wildman–Crippen MR) is 65.0 cm³/mol. The van der Waals surface area contributed by atoms with Crippen LogP contribution in [-0.4, -0.2) is 32.8 Å². The third-order valence-corrected chi connectivity index (χ3v) is 2.46. The van der Waals surface area contributed by atoms with Gasteiger partial charge in [0.15, 0.2) is 5.65 Å². The van der Waals surface area contributed by atoms with Gasteiger partial charge < -0.3 is 5.32 Å². The van der Waals surface area contributed by atoms with Crippen molar-refractivity contribution in [3.8, 4) is 0 Å². The van der Waals surface area contributed by atoms with E-state index in [2.05, 4.69) is 15.5 Å². The number of aromatic nitrogens is 3. The average molecular weight is 246 g/mol. The number of nitrogens with zero attached hydrogens (tertiary/aromatic N) is 3. The molecule has 0 radical (unpaired) electrons. The number of hydrogen-bond donors (Lipinski definition) is 1. The van der Waals surface area contributed by atoms with Crippen LogP contribution in [0.2, 0.25) is 0 Å². The third-order valence-electron chi connectivity index (χ3n) is 2.46. The fourth-order valence-corrected chi connectivity index (χ4v) is 1.66. The Morgan fingerprint density at radius 1 is 1.33 bits per heavy atom. The Labute approximate surface area is 104 Å². The number of carbonyl (C=O) groups is 2. The summed E-state index contributed by atoms with van der Waals surface area (Å²) in [5, 5.41) is 10.7. The van der Waals surface area contributed by atoms with E-state index in [9.17, 15) is 9.59 Å². The number of fused-ring (bicyclic) bond motifs is 1. The Balaban J connectivity index is 1.91. The van der Waals surface area contributed by atoms with Crippen molar-refractivity contribution in [2.75, 3.05) is 6.54 Å². The molecule has 1 amide bonds. The first-order chi connectivity index (χ1) is 8.66. The summed E-state index contributed by atoms with van der Waals surface area (Å²) in [7, 11) is 0. The van der Waals surface area contributed by atoms with Gasteiger partial charge in [-0.2, -0.15) is 0 Å². The van der Waals surface area contributed by atoms with E-state index in [1.807, 2.05) is 28.8 Å². The van der Waals surface area contributed by atoms with Crippen LogP contribution in [0.25, 0.3) is 5.65 Å². The van der Waals surface area contributed by atoms with E-state index in [4.69, 9.17) is 0 Å². The van der Waals surface area contributed by atoms with Crippen molar-refractivity contribution in [2.45, 2.75) is 19.8 Å². The minimum atomic E-state index is -0.253. The molecular formula is C12H14N4O2. The van der Waals surface area contributed by atoms with Gasteiger partial charge in [0.25, 0.3) is 0 Å². The van der Waals surface area contributed by atoms with Crippen LogP contribution in [0.1, 0.15) is 19.2 Å². The Morgan fingerprint density at radius 3 is 2.94 bits per heavy atom. The molecule has 94 valence electrons. The number of amides is 1. The monoisotopic (exact) mass is 246 g/mol. The lowest BCUT2D eigenvalue weighted by atomic mass is 10.3. The van der Waals surface area contributed by atoms with Crippen molar-refractivity contribution in [3.05, 3.63) is 30.2 Å². The molecular weight excluding hydrogens is 232 g/mol. The molecule has 2 aromatic heterocycles. The molecule has 2 rings (SSSR count). The van der Waals surface area contributed by atoms with Crippen LogP contribution in [0.15, 0.2) is 24.4 Å². The van der Waals surface area contributed by atoms with Gasteiger partial charge in [0, 0.05) is 19.2 Å². The molecule has 0 spiro atoms. The Bertz CT molecular complexity index is 576. The molecule has 0 aliphatic rings. The highest BCUT2D eigenvalue weighted by Crippen LogP contribution is 2.02. The maximum Gasteiger partial charge on any atom is 0.227 e. The maximum atomic E-state index is 11.3. The Hall–Kier alpha value is -2.24. The van der Waals surface area contributed by atoms with Crippen LogP contribution in [0.3, 0.4) is 0 Å². The van der Waals surface area contributed by atoms with Crippen LogP contribution in [0.4, 0.5) is 0 Å². The van der Waals surface area contributed by atoms with Crippen LogP contribution >= 0.6 is 0 Å². The van der Waals surface area contributed by atoms with Crippen LogP contribution in [-0.2, 0) is 16.0 Å². The molecule has 18 heavy (non-hydrogen) atoms. The molecule has 0 saturated heterocycles. The first-order valence-electron chi connectivity index (χ1n) is 5.71. The highest BCUT2D eigenvalue weighted by molar-refractivity contribution is 5.96. The van der Waals surface area contributed by atoms with Crippen molar-refractivity contribution in [3.63, 3.8) is 0 Å². The molecule has 6 nitrogen and oxygen atoms in total. The van der Waals surface area contributed by atoms with Crippen molar-refractivity contribution in [1.82, 2.24) is 19.9 Å². The van der Waals surface area contributed by atoms with E-state index in [0.29, 0.717) is 13.0 Å². The minimum absolute atomic E-state index is 0.0689. The van der Waals surface area contributed by atoms with E-state index >= 15 is 0 Å². The Morgan fingerprint density at radius 2 is 2.17 bits per heavy atom. The van der Waals surface area contributed by atoms with Crippen molar-refractivity contribution in [1.29, 1.82) is 0 Å². The number of hydrogen-bond acceptors (Lipinski definition) is 4. The second-order valence-corrected chi connectivity index (χ2v) is 4.02. The second-order valence-electron chi connectivity index (χ2n) is 4.02. The zero-order valence-corrected chi connectivity index (χ0v) is 10.1. The summed E-state index contributed by atoms with van der Waals surface area (Å²) in [5.74, 6) is 0.394. The van der Waals surface area contributed by atoms with Crippen LogP contribution in [0, 0.1) is 0 Å². The van der Waals surface area contributed by atoms with E-state index in [-0.39, 0.29) is 18.1 Å². The summed E-state index contributed by atoms with van der Waals surface area (Å²) >= 11 is 0. The summed E-state index contributed by atoms with van der Waals surface area (Å²) in [6.45, 7) is 1.84. The maximum absolute atomic E-state index is 11.3. The molecule has 0 unspecified atom stereocenters. The highest BCUT2D eigenvalue weighted by Gasteiger charge is 2.07. The van der Waals surface area contributed by atoms with Gasteiger partial charge in [-0.15, -0.1) is 10.2 Å². The molecule has 0 atom stereocenters. The van der Waals surface area contributed by atoms with Gasteiger partial charge in [-0.1, -0.05) is 6.07 Å². The predicted octanol–water partition coefficient (Wildman–Crippen LogP) is 0.367. The molecule has 1 N–H and O–H groups in total. The van der Waals surface area contributed by atoms with E-state index in [1.54, 1.807) is 0 Å². The number of rotatable bonds is 5. The molecule has 0 bridgehead atoms. The zero-order valence-electron chi connectivity index (χ0n) is 10.1. The largest absolute Gasteiger partial charge is 0.355 e. The van der Waals surface area contributed by atoms with E-state index < -0.39 is 0 Å². The van der Waals surface area contributed by atoms with Gasteiger partial charge in [-0.25, -0.2) is 0 Å². The fourth-order valence-electron chi connectivity index (χ4n) is 1.66. The van der Waals surface area contributed by atoms with Gasteiger partial charge in [-0.05, 0) is 19.1 Å². The molecule has 2 heterocycles. The summed E-state index contributed by atoms with van der Waals surface area (Å²) < 4.78 is 1.87. The smallest absolute Gasteiger partial charge is 0.227 e. The van der Waals surface area contributed by atoms with Crippen molar-refractivity contribution in [2.24, 2.45) is 0 Å². The number of Topliss-reactive ketones (excluding diaryl/α,β-unsaturated/α-hetero) is 1. The highest BCUT2D eigenvalue weighted by atomic mass is 16.2. The average Bonchev–Trinajstić information content (AvgIpc) is 2.72. The van der Waals surface area contributed by atoms with Gasteiger partial charge >= 0.3 is 0 Å². The van der Waals surface area contributed by atoms with E-state index in [0.717, 1.165) is 11.5 Å². The number of pyridine rings is 1. The number of carbonyl (C=O) groups excluding carboxylic acids is 2. The topological polar surface area (TPSA) is 76.4 Å². The summed E-state index contributed by atoms with van der Waals surface area (Å²) in [6, 6.07) is 5.65. The summed E-state index contributed by atoms with van der Waals surface area (Å²) in [4.78, 5) is 22.0. The normalized spacial score (nSPS) is 10.5. The standard InChI is InChI=1S/C12H14N4O2/c1-9(17)8-12(18)13-6-5-11-15-14-10-4-2-3-7-16(10)11/h2-4,7H,5-6,8H2,1H3,(H,13,18). The van der Waals surface area contributed by atoms with Crippen LogP contribution in [0.5, 0.6) is 0 Å². The van der Waals surface area contributed by atoms with Crippen molar-refractivity contribution >= 4 is 17.3 Å². The second kappa shape index (κ2) is 5.39. The Kier molecular flexibility index (Phi) is 3.66. The fraction of sp³-hybridized carbons (Fsp3) is 0.333. The first kappa shape index (κ1) is 12.2. The SMILES string of the molecule is CC(=O)CC(=O)NCCc1nnc2ccccn12. The van der Waals surface area contributed by atoms with Crippen molar-refractivity contribution < 1.29 is 9.59 Å². The quantitative estimate of drug-likeness (QED) is 0.773. The third kappa shape index (κ3) is 2.91. The summed E-state index contributed by atoms with van der Waals surface area (Å²) in [6.07, 6.45) is 2.39. The number of ketones is 1. The molecule has 0 fully saturated rings. The molecule has 0 aliphatic heterocycles. The lowest BCUT2D eigenvalue weighted by molar-refractivity contribution is -0.127. The molecule has 2 aromatic rings. The molecule has 0 saturated carbocycles. The van der Waals surface area contributed by atoms with Gasteiger partial charge in [0.2, 0.25) is 5.91 Å².